The van der Waals surface area contributed by atoms with Crippen LogP contribution in [0.25, 0.3) is 33.1 Å². The summed E-state index contributed by atoms with van der Waals surface area (Å²) in [5.41, 5.74) is 4.82. The molecule has 2 N–H and O–H groups in total. The van der Waals surface area contributed by atoms with Crippen LogP contribution in [0.1, 0.15) is 16.1 Å². The topological polar surface area (TPSA) is 57.8 Å². The summed E-state index contributed by atoms with van der Waals surface area (Å²) >= 11 is 12.3. The molecule has 0 saturated heterocycles. The van der Waals surface area contributed by atoms with Gasteiger partial charge in [-0.2, -0.15) is 0 Å². The average Bonchev–Trinajstić information content (AvgIpc) is 3.03. The van der Waals surface area contributed by atoms with Gasteiger partial charge in [-0.3, -0.25) is 4.79 Å². The Balaban J connectivity index is 2.12. The van der Waals surface area contributed by atoms with Crippen LogP contribution in [0.3, 0.4) is 0 Å². The molecule has 0 atom stereocenters. The minimum Gasteiger partial charge on any atom is -0.354 e. The van der Waals surface area contributed by atoms with Gasteiger partial charge in [-0.1, -0.05) is 47.5 Å². The molecule has 26 heavy (non-hydrogen) atoms. The van der Waals surface area contributed by atoms with Crippen LogP contribution in [0.5, 0.6) is 0 Å². The fourth-order valence-corrected chi connectivity index (χ4v) is 3.46. The van der Waals surface area contributed by atoms with Crippen molar-refractivity contribution in [1.29, 1.82) is 0 Å². The Bertz CT molecular complexity index is 1180. The largest absolute Gasteiger partial charge is 0.354 e. The number of aromatic amines is 1. The summed E-state index contributed by atoms with van der Waals surface area (Å²) in [5, 5.41) is 5.55. The van der Waals surface area contributed by atoms with Gasteiger partial charge >= 0.3 is 0 Å². The number of aromatic nitrogens is 2. The van der Waals surface area contributed by atoms with Crippen molar-refractivity contribution in [3.8, 4) is 11.3 Å². The van der Waals surface area contributed by atoms with Crippen LogP contribution in [0.15, 0.2) is 42.5 Å². The number of fused-ring (bicyclic) bond motifs is 3. The number of pyridine rings is 1. The number of aryl methyl sites for hydroxylation is 1. The maximum atomic E-state index is 12.3. The number of amides is 1. The normalized spacial score (nSPS) is 11.2. The van der Waals surface area contributed by atoms with Gasteiger partial charge in [-0.05, 0) is 30.7 Å². The molecule has 2 heterocycles. The van der Waals surface area contributed by atoms with E-state index in [1.54, 1.807) is 19.2 Å². The molecule has 130 valence electrons. The third-order valence-electron chi connectivity index (χ3n) is 4.49. The van der Waals surface area contributed by atoms with Crippen molar-refractivity contribution in [3.05, 3.63) is 63.8 Å². The van der Waals surface area contributed by atoms with Crippen molar-refractivity contribution in [2.45, 2.75) is 6.92 Å². The molecule has 0 spiro atoms. The quantitative estimate of drug-likeness (QED) is 0.489. The highest BCUT2D eigenvalue weighted by Crippen LogP contribution is 2.35. The summed E-state index contributed by atoms with van der Waals surface area (Å²) in [6, 6.07) is 13.2. The van der Waals surface area contributed by atoms with Crippen molar-refractivity contribution in [3.63, 3.8) is 0 Å². The molecule has 4 nitrogen and oxygen atoms in total. The summed E-state index contributed by atoms with van der Waals surface area (Å²) in [5.74, 6) is -0.241. The SMILES string of the molecule is CNC(=O)c1cc2c([nH]c3c(C)cccc32)c(-c2ccc(Cl)c(Cl)c2)n1. The number of hydrogen-bond donors (Lipinski definition) is 2. The van der Waals surface area contributed by atoms with E-state index in [1.807, 2.05) is 37.3 Å². The van der Waals surface area contributed by atoms with Gasteiger partial charge in [0, 0.05) is 28.9 Å². The van der Waals surface area contributed by atoms with Crippen LogP contribution in [-0.2, 0) is 0 Å². The zero-order valence-electron chi connectivity index (χ0n) is 14.2. The highest BCUT2D eigenvalue weighted by atomic mass is 35.5. The molecule has 6 heteroatoms. The van der Waals surface area contributed by atoms with Gasteiger partial charge in [-0.25, -0.2) is 4.98 Å². The van der Waals surface area contributed by atoms with Gasteiger partial charge in [0.1, 0.15) is 5.69 Å². The molecule has 0 radical (unpaired) electrons. The summed E-state index contributed by atoms with van der Waals surface area (Å²) in [4.78, 5) is 20.3. The first-order chi connectivity index (χ1) is 12.5. The Morgan fingerprint density at radius 3 is 2.58 bits per heavy atom. The lowest BCUT2D eigenvalue weighted by molar-refractivity contribution is 0.0958. The number of benzene rings is 2. The van der Waals surface area contributed by atoms with Crippen LogP contribution in [0, 0.1) is 6.92 Å². The fourth-order valence-electron chi connectivity index (χ4n) is 3.16. The van der Waals surface area contributed by atoms with E-state index in [9.17, 15) is 4.79 Å². The smallest absolute Gasteiger partial charge is 0.269 e. The number of H-pyrrole nitrogens is 1. The molecule has 0 aliphatic heterocycles. The Hall–Kier alpha value is -2.56. The van der Waals surface area contributed by atoms with E-state index in [-0.39, 0.29) is 5.91 Å². The number of nitrogens with one attached hydrogen (secondary N) is 2. The number of hydrogen-bond acceptors (Lipinski definition) is 2. The molecule has 0 bridgehead atoms. The lowest BCUT2D eigenvalue weighted by atomic mass is 10.1. The molecule has 4 aromatic rings. The Labute approximate surface area is 160 Å². The molecule has 0 aliphatic rings. The Morgan fingerprint density at radius 1 is 1.04 bits per heavy atom. The second kappa shape index (κ2) is 6.31. The standard InChI is InChI=1S/C20H15Cl2N3O/c1-10-4-3-5-12-13-9-16(20(26)23-2)24-18(19(13)25-17(10)12)11-6-7-14(21)15(22)8-11/h3-9,25H,1-2H3,(H,23,26). The van der Waals surface area contributed by atoms with Gasteiger partial charge < -0.3 is 10.3 Å². The van der Waals surface area contributed by atoms with E-state index in [0.717, 1.165) is 32.9 Å². The maximum absolute atomic E-state index is 12.3. The number of rotatable bonds is 2. The van der Waals surface area contributed by atoms with E-state index >= 15 is 0 Å². The van der Waals surface area contributed by atoms with Crippen LogP contribution >= 0.6 is 23.2 Å². The minimum atomic E-state index is -0.241. The van der Waals surface area contributed by atoms with Gasteiger partial charge in [0.25, 0.3) is 5.91 Å². The molecule has 2 aromatic carbocycles. The average molecular weight is 384 g/mol. The molecule has 4 rings (SSSR count). The summed E-state index contributed by atoms with van der Waals surface area (Å²) in [7, 11) is 1.59. The van der Waals surface area contributed by atoms with Gasteiger partial charge in [-0.15, -0.1) is 0 Å². The van der Waals surface area contributed by atoms with Crippen LogP contribution in [0.4, 0.5) is 0 Å². The third kappa shape index (κ3) is 2.62. The molecule has 1 amide bonds. The zero-order valence-corrected chi connectivity index (χ0v) is 15.7. The number of nitrogens with zero attached hydrogens (tertiary/aromatic N) is 1. The predicted molar refractivity (Wildman–Crippen MR) is 107 cm³/mol. The lowest BCUT2D eigenvalue weighted by Crippen LogP contribution is -2.19. The van der Waals surface area contributed by atoms with Gasteiger partial charge in [0.05, 0.1) is 21.3 Å². The highest BCUT2D eigenvalue weighted by molar-refractivity contribution is 6.42. The highest BCUT2D eigenvalue weighted by Gasteiger charge is 2.17. The van der Waals surface area contributed by atoms with Crippen LogP contribution in [0.2, 0.25) is 10.0 Å². The van der Waals surface area contributed by atoms with Crippen molar-refractivity contribution >= 4 is 50.9 Å². The van der Waals surface area contributed by atoms with Crippen LogP contribution in [-0.4, -0.2) is 22.9 Å². The van der Waals surface area contributed by atoms with E-state index in [4.69, 9.17) is 23.2 Å². The van der Waals surface area contributed by atoms with E-state index in [1.165, 1.54) is 0 Å². The molecular formula is C20H15Cl2N3O. The van der Waals surface area contributed by atoms with Crippen molar-refractivity contribution < 1.29 is 4.79 Å². The molecule has 2 aromatic heterocycles. The second-order valence-corrected chi connectivity index (χ2v) is 6.92. The molecule has 0 fully saturated rings. The molecule has 0 unspecified atom stereocenters. The first-order valence-electron chi connectivity index (χ1n) is 8.09. The Morgan fingerprint density at radius 2 is 1.85 bits per heavy atom. The lowest BCUT2D eigenvalue weighted by Gasteiger charge is -2.08. The number of carbonyl (C=O) groups excluding carboxylic acids is 1. The second-order valence-electron chi connectivity index (χ2n) is 6.11. The molecular weight excluding hydrogens is 369 g/mol. The maximum Gasteiger partial charge on any atom is 0.269 e. The van der Waals surface area contributed by atoms with Crippen molar-refractivity contribution in [1.82, 2.24) is 15.3 Å². The summed E-state index contributed by atoms with van der Waals surface area (Å²) in [6.45, 7) is 2.05. The van der Waals surface area contributed by atoms with E-state index < -0.39 is 0 Å². The first kappa shape index (κ1) is 16.9. The Kier molecular flexibility index (Phi) is 4.10. The molecule has 0 saturated carbocycles. The summed E-state index contributed by atoms with van der Waals surface area (Å²) in [6.07, 6.45) is 0. The predicted octanol–water partition coefficient (Wildman–Crippen LogP) is 5.36. The minimum absolute atomic E-state index is 0.241. The van der Waals surface area contributed by atoms with Crippen LogP contribution < -0.4 is 5.32 Å². The third-order valence-corrected chi connectivity index (χ3v) is 5.22. The number of carbonyl (C=O) groups is 1. The van der Waals surface area contributed by atoms with Gasteiger partial charge in [0.15, 0.2) is 0 Å². The fraction of sp³-hybridized carbons (Fsp3) is 0.100. The summed E-state index contributed by atoms with van der Waals surface area (Å²) < 4.78 is 0. The van der Waals surface area contributed by atoms with E-state index in [2.05, 4.69) is 15.3 Å². The first-order valence-corrected chi connectivity index (χ1v) is 8.84. The van der Waals surface area contributed by atoms with Gasteiger partial charge in [0.2, 0.25) is 0 Å². The molecule has 0 aliphatic carbocycles. The van der Waals surface area contributed by atoms with Crippen molar-refractivity contribution in [2.24, 2.45) is 0 Å². The van der Waals surface area contributed by atoms with Crippen molar-refractivity contribution in [2.75, 3.05) is 7.05 Å². The van der Waals surface area contributed by atoms with E-state index in [0.29, 0.717) is 21.4 Å². The number of halogens is 2. The number of para-hydroxylation sites is 1. The zero-order chi connectivity index (χ0) is 18.4. The monoisotopic (exact) mass is 383 g/mol.